The van der Waals surface area contributed by atoms with Gasteiger partial charge < -0.3 is 35.1 Å². The molecule has 9 nitrogen and oxygen atoms in total. The van der Waals surface area contributed by atoms with Crippen molar-refractivity contribution in [2.45, 2.75) is 57.8 Å². The standard InChI is InChI=1S/C24H39ClN4O5/c1-24(2,3)34-23(31)28(4)10-7-8-11-29-12-9-19(21(15-29)33-6)27-22(30)16-13-17(25)18(26)14-20(16)32-5/h13-14,19,21H,7-12,15,26H2,1-6H3,(H,27,30)/t19-,21+/m0/s1. The van der Waals surface area contributed by atoms with Gasteiger partial charge in [0.05, 0.1) is 35.5 Å². The smallest absolute Gasteiger partial charge is 0.410 e. The zero-order valence-corrected chi connectivity index (χ0v) is 21.9. The first-order valence-electron chi connectivity index (χ1n) is 11.6. The van der Waals surface area contributed by atoms with Crippen LogP contribution in [0.1, 0.15) is 50.4 Å². The van der Waals surface area contributed by atoms with Crippen LogP contribution in [0.15, 0.2) is 12.1 Å². The molecule has 0 aliphatic carbocycles. The number of unbranched alkanes of at least 4 members (excludes halogenated alkanes) is 1. The molecule has 1 fully saturated rings. The zero-order chi connectivity index (χ0) is 25.5. The van der Waals surface area contributed by atoms with Crippen LogP contribution < -0.4 is 15.8 Å². The summed E-state index contributed by atoms with van der Waals surface area (Å²) in [6.07, 6.45) is 2.14. The van der Waals surface area contributed by atoms with Crippen LogP contribution >= 0.6 is 11.6 Å². The molecule has 34 heavy (non-hydrogen) atoms. The van der Waals surface area contributed by atoms with Gasteiger partial charge in [0, 0.05) is 39.9 Å². The van der Waals surface area contributed by atoms with Gasteiger partial charge in [-0.05, 0) is 52.6 Å². The highest BCUT2D eigenvalue weighted by Gasteiger charge is 2.31. The number of nitrogens with zero attached hydrogens (tertiary/aromatic N) is 2. The number of nitrogens with one attached hydrogen (secondary N) is 1. The second-order valence-electron chi connectivity index (χ2n) is 9.63. The van der Waals surface area contributed by atoms with Gasteiger partial charge in [0.25, 0.3) is 5.91 Å². The van der Waals surface area contributed by atoms with Crippen molar-refractivity contribution in [3.63, 3.8) is 0 Å². The van der Waals surface area contributed by atoms with Crippen LogP contribution in [-0.2, 0) is 9.47 Å². The van der Waals surface area contributed by atoms with Gasteiger partial charge in [-0.1, -0.05) is 11.6 Å². The highest BCUT2D eigenvalue weighted by atomic mass is 35.5. The van der Waals surface area contributed by atoms with E-state index in [0.717, 1.165) is 32.4 Å². The molecule has 2 atom stereocenters. The first-order chi connectivity index (χ1) is 15.9. The Hall–Kier alpha value is -2.23. The predicted molar refractivity (Wildman–Crippen MR) is 134 cm³/mol. The van der Waals surface area contributed by atoms with Crippen LogP contribution in [0.4, 0.5) is 10.5 Å². The average molecular weight is 499 g/mol. The molecule has 1 heterocycles. The number of piperidine rings is 1. The zero-order valence-electron chi connectivity index (χ0n) is 21.2. The molecule has 2 rings (SSSR count). The number of nitrogens with two attached hydrogens (primary N) is 1. The normalized spacial score (nSPS) is 18.9. The molecule has 0 aromatic heterocycles. The molecule has 0 bridgehead atoms. The Labute approximate surface area is 207 Å². The second-order valence-corrected chi connectivity index (χ2v) is 10.0. The minimum absolute atomic E-state index is 0.131. The number of carbonyl (C=O) groups excluding carboxylic acids is 2. The van der Waals surface area contributed by atoms with Crippen molar-refractivity contribution in [3.8, 4) is 5.75 Å². The summed E-state index contributed by atoms with van der Waals surface area (Å²) in [5.74, 6) is 0.103. The minimum atomic E-state index is -0.495. The largest absolute Gasteiger partial charge is 0.496 e. The molecule has 3 N–H and O–H groups in total. The molecule has 2 amide bonds. The fraction of sp³-hybridized carbons (Fsp3) is 0.667. The van der Waals surface area contributed by atoms with Crippen molar-refractivity contribution >= 4 is 29.3 Å². The van der Waals surface area contributed by atoms with Crippen LogP contribution in [0.5, 0.6) is 5.75 Å². The van der Waals surface area contributed by atoms with E-state index >= 15 is 0 Å². The number of benzene rings is 1. The minimum Gasteiger partial charge on any atom is -0.496 e. The summed E-state index contributed by atoms with van der Waals surface area (Å²) < 4.78 is 16.4. The van der Waals surface area contributed by atoms with Crippen LogP contribution in [0.2, 0.25) is 5.02 Å². The van der Waals surface area contributed by atoms with Gasteiger partial charge in [0.1, 0.15) is 11.4 Å². The molecule has 1 aliphatic rings. The quantitative estimate of drug-likeness (QED) is 0.397. The number of hydrogen-bond acceptors (Lipinski definition) is 7. The third kappa shape index (κ3) is 8.21. The second kappa shape index (κ2) is 12.5. The van der Waals surface area contributed by atoms with Crippen molar-refractivity contribution < 1.29 is 23.8 Å². The van der Waals surface area contributed by atoms with Gasteiger partial charge in [-0.3, -0.25) is 4.79 Å². The van der Waals surface area contributed by atoms with E-state index in [1.54, 1.807) is 25.1 Å². The van der Waals surface area contributed by atoms with Gasteiger partial charge >= 0.3 is 6.09 Å². The van der Waals surface area contributed by atoms with Crippen molar-refractivity contribution in [3.05, 3.63) is 22.7 Å². The Bertz CT molecular complexity index is 845. The maximum Gasteiger partial charge on any atom is 0.410 e. The van der Waals surface area contributed by atoms with Crippen LogP contribution in [0.3, 0.4) is 0 Å². The molecule has 10 heteroatoms. The highest BCUT2D eigenvalue weighted by Crippen LogP contribution is 2.29. The van der Waals surface area contributed by atoms with Gasteiger partial charge in [0.2, 0.25) is 0 Å². The van der Waals surface area contributed by atoms with Crippen molar-refractivity contribution in [1.29, 1.82) is 0 Å². The number of carbonyl (C=O) groups is 2. The molecule has 0 unspecified atom stereocenters. The summed E-state index contributed by atoms with van der Waals surface area (Å²) in [6.45, 7) is 8.66. The first-order valence-corrected chi connectivity index (χ1v) is 12.0. The summed E-state index contributed by atoms with van der Waals surface area (Å²) in [6, 6.07) is 2.94. The SMILES string of the molecule is COc1cc(N)c(Cl)cc1C(=O)N[C@H]1CCN(CCCCN(C)C(=O)OC(C)(C)C)C[C@H]1OC. The molecule has 0 radical (unpaired) electrons. The number of amides is 2. The van der Waals surface area contributed by atoms with Crippen molar-refractivity contribution in [2.24, 2.45) is 0 Å². The third-order valence-corrected chi connectivity index (χ3v) is 6.08. The number of anilines is 1. The van der Waals surface area contributed by atoms with E-state index in [0.29, 0.717) is 35.1 Å². The number of halogens is 1. The predicted octanol–water partition coefficient (Wildman–Crippen LogP) is 3.40. The summed E-state index contributed by atoms with van der Waals surface area (Å²) >= 11 is 6.11. The average Bonchev–Trinajstić information content (AvgIpc) is 2.77. The van der Waals surface area contributed by atoms with Crippen LogP contribution in [-0.4, -0.2) is 87.0 Å². The summed E-state index contributed by atoms with van der Waals surface area (Å²) in [5, 5.41) is 3.37. The number of likely N-dealkylation sites (tertiary alicyclic amines) is 1. The summed E-state index contributed by atoms with van der Waals surface area (Å²) in [4.78, 5) is 28.9. The molecule has 0 spiro atoms. The van der Waals surface area contributed by atoms with E-state index in [-0.39, 0.29) is 24.1 Å². The van der Waals surface area contributed by atoms with Gasteiger partial charge in [-0.15, -0.1) is 0 Å². The van der Waals surface area contributed by atoms with Gasteiger partial charge in [-0.2, -0.15) is 0 Å². The molecule has 1 aliphatic heterocycles. The number of hydrogen-bond donors (Lipinski definition) is 2. The van der Waals surface area contributed by atoms with E-state index in [9.17, 15) is 9.59 Å². The van der Waals surface area contributed by atoms with Gasteiger partial charge in [0.15, 0.2) is 0 Å². The Morgan fingerprint density at radius 2 is 1.97 bits per heavy atom. The lowest BCUT2D eigenvalue weighted by Crippen LogP contribution is -2.55. The lowest BCUT2D eigenvalue weighted by Gasteiger charge is -2.38. The molecular formula is C24H39ClN4O5. The molecule has 1 aromatic carbocycles. The number of ether oxygens (including phenoxy) is 3. The molecule has 192 valence electrons. The monoisotopic (exact) mass is 498 g/mol. The number of methoxy groups -OCH3 is 2. The number of nitrogen functional groups attached to an aromatic ring is 1. The summed E-state index contributed by atoms with van der Waals surface area (Å²) in [7, 11) is 4.90. The lowest BCUT2D eigenvalue weighted by molar-refractivity contribution is 0.00559. The van der Waals surface area contributed by atoms with E-state index in [2.05, 4.69) is 10.2 Å². The lowest BCUT2D eigenvalue weighted by atomic mass is 10.0. The fourth-order valence-corrected chi connectivity index (χ4v) is 4.03. The topological polar surface area (TPSA) is 106 Å². The Kier molecular flexibility index (Phi) is 10.3. The number of rotatable bonds is 9. The maximum atomic E-state index is 12.9. The first kappa shape index (κ1) is 28.0. The van der Waals surface area contributed by atoms with E-state index in [4.69, 9.17) is 31.5 Å². The Morgan fingerprint density at radius 1 is 1.26 bits per heavy atom. The fourth-order valence-electron chi connectivity index (χ4n) is 3.86. The maximum absolute atomic E-state index is 12.9. The third-order valence-electron chi connectivity index (χ3n) is 5.75. The van der Waals surface area contributed by atoms with E-state index < -0.39 is 5.60 Å². The van der Waals surface area contributed by atoms with Crippen molar-refractivity contribution in [1.82, 2.24) is 15.1 Å². The molecule has 1 aromatic rings. The van der Waals surface area contributed by atoms with Gasteiger partial charge in [-0.25, -0.2) is 4.79 Å². The summed E-state index contributed by atoms with van der Waals surface area (Å²) in [5.41, 5.74) is 6.02. The van der Waals surface area contributed by atoms with Crippen LogP contribution in [0.25, 0.3) is 0 Å². The molecule has 0 saturated carbocycles. The highest BCUT2D eigenvalue weighted by molar-refractivity contribution is 6.33. The van der Waals surface area contributed by atoms with E-state index in [1.807, 2.05) is 20.8 Å². The Balaban J connectivity index is 1.82. The van der Waals surface area contributed by atoms with Crippen molar-refractivity contribution in [2.75, 3.05) is 53.2 Å². The molecule has 1 saturated heterocycles. The Morgan fingerprint density at radius 3 is 2.59 bits per heavy atom. The van der Waals surface area contributed by atoms with E-state index in [1.165, 1.54) is 13.2 Å². The van der Waals surface area contributed by atoms with Crippen LogP contribution in [0, 0.1) is 0 Å². The molecular weight excluding hydrogens is 460 g/mol.